The quantitative estimate of drug-likeness (QED) is 0.0502. The summed E-state index contributed by atoms with van der Waals surface area (Å²) in [5.74, 6) is 0. The van der Waals surface area contributed by atoms with Crippen LogP contribution in [0.15, 0.2) is 313 Å². The molecule has 0 atom stereocenters. The van der Waals surface area contributed by atoms with Gasteiger partial charge >= 0.3 is 0 Å². The molecule has 62 heteroatoms. The first-order valence-corrected chi connectivity index (χ1v) is 12.2. The van der Waals surface area contributed by atoms with Crippen molar-refractivity contribution in [2.75, 3.05) is 0 Å². The molecule has 0 aliphatic heterocycles. The van der Waals surface area contributed by atoms with Crippen LogP contribution in [0.2, 0.25) is 0 Å². The monoisotopic (exact) mass is 870 g/mol. The van der Waals surface area contributed by atoms with E-state index in [-0.39, 0.29) is 0 Å². The Morgan fingerprint density at radius 3 is 0.177 bits per heavy atom. The molecule has 2 N–H and O–H groups in total. The highest BCUT2D eigenvalue weighted by Gasteiger charge is 1.76. The molecular weight excluding hydrogens is 868 g/mol. The average molecular weight is 870 g/mol. The maximum atomic E-state index is 6.26. The summed E-state index contributed by atoms with van der Waals surface area (Å²) in [6.45, 7) is 0. The van der Waals surface area contributed by atoms with E-state index in [1.165, 1.54) is 0 Å². The van der Waals surface area contributed by atoms with Gasteiger partial charge in [-0.15, -0.1) is 0 Å². The van der Waals surface area contributed by atoms with Crippen molar-refractivity contribution in [3.8, 4) is 0 Å². The van der Waals surface area contributed by atoms with Crippen molar-refractivity contribution in [1.29, 1.82) is 11.1 Å². The van der Waals surface area contributed by atoms with Crippen LogP contribution in [0.4, 0.5) is 0 Å². The summed E-state index contributed by atoms with van der Waals surface area (Å²) in [7, 11) is 0. The van der Waals surface area contributed by atoms with Gasteiger partial charge in [-0.2, -0.15) is 11.1 Å². The van der Waals surface area contributed by atoms with E-state index in [1.54, 1.807) is 0 Å². The molecule has 0 aromatic heterocycles. The SMILES string of the molecule is N=N/N=N/N=N/N=N/N=N/N=N/N=N/N=N/N=N/N=N/N=N/N=N/N=N/N=N/N=N/N=N/N=N/N=N/N=N/N=N/N=N/N=N/N=N/N=N/N=N/N=N/N=N/N=N/N=N/N=N/N=N. The van der Waals surface area contributed by atoms with Gasteiger partial charge in [0.05, 0.1) is 0 Å². The second-order valence-corrected chi connectivity index (χ2v) is 5.39. The predicted molar refractivity (Wildman–Crippen MR) is 151 cm³/mol. The number of nitrogens with zero attached hydrogens (tertiary/aromatic N) is 60. The summed E-state index contributed by atoms with van der Waals surface area (Å²) in [6, 6.07) is 0. The third kappa shape index (κ3) is 47.6. The Morgan fingerprint density at radius 1 is 0.0806 bits per heavy atom. The summed E-state index contributed by atoms with van der Waals surface area (Å²) in [5, 5.41) is 177. The molecule has 0 radical (unpaired) electrons. The van der Waals surface area contributed by atoms with Crippen LogP contribution in [0.3, 0.4) is 0 Å². The zero-order valence-electron chi connectivity index (χ0n) is 27.8. The van der Waals surface area contributed by atoms with Crippen molar-refractivity contribution in [2.24, 2.45) is 313 Å². The van der Waals surface area contributed by atoms with E-state index in [9.17, 15) is 0 Å². The second kappa shape index (κ2) is 48.6. The maximum absolute atomic E-state index is 6.26. The Kier molecular flexibility index (Phi) is 38.9. The smallest absolute Gasteiger partial charge is 0 e. The topological polar surface area (TPSA) is 789 Å². The number of hydrogen-bond acceptors (Lipinski definition) is 2. The Balaban J connectivity index is 4.08. The highest BCUT2D eigenvalue weighted by molar-refractivity contribution is 4.19. The average Bonchev–Trinajstić information content (AvgIpc) is 3.28. The Morgan fingerprint density at radius 2 is 0.129 bits per heavy atom. The van der Waals surface area contributed by atoms with Crippen molar-refractivity contribution < 1.29 is 0 Å². The molecule has 0 saturated heterocycles. The molecule has 62 heavy (non-hydrogen) atoms. The van der Waals surface area contributed by atoms with Crippen molar-refractivity contribution in [3.05, 3.63) is 0 Å². The van der Waals surface area contributed by atoms with Crippen LogP contribution in [0.25, 0.3) is 0 Å². The first kappa shape index (κ1) is 49.6. The molecule has 0 rings (SSSR count). The van der Waals surface area contributed by atoms with Crippen LogP contribution >= 0.6 is 0 Å². The summed E-state index contributed by atoms with van der Waals surface area (Å²) in [6.07, 6.45) is 0. The van der Waals surface area contributed by atoms with E-state index >= 15 is 0 Å². The van der Waals surface area contributed by atoms with Crippen LogP contribution in [-0.2, 0) is 0 Å². The highest BCUT2D eigenvalue weighted by atomic mass is 15.8. The number of rotatable bonds is 30. The molecule has 0 fully saturated rings. The molecule has 0 amide bonds. The Labute approximate surface area is 325 Å². The van der Waals surface area contributed by atoms with Gasteiger partial charge in [0.1, 0.15) is 0 Å². The molecule has 0 unspecified atom stereocenters. The maximum Gasteiger partial charge on any atom is 0 e. The lowest BCUT2D eigenvalue weighted by Crippen LogP contribution is -1.52. The molecular formula is H2N62. The molecule has 0 aliphatic carbocycles. The zero-order valence-corrected chi connectivity index (χ0v) is 27.8. The van der Waals surface area contributed by atoms with Crippen molar-refractivity contribution in [2.45, 2.75) is 0 Å². The summed E-state index contributed by atoms with van der Waals surface area (Å²) >= 11 is 0. The lowest BCUT2D eigenvalue weighted by molar-refractivity contribution is 0.724. The van der Waals surface area contributed by atoms with Crippen molar-refractivity contribution in [3.63, 3.8) is 0 Å². The molecule has 0 heterocycles. The van der Waals surface area contributed by atoms with Gasteiger partial charge in [-0.05, 0) is 83.6 Å². The van der Waals surface area contributed by atoms with Gasteiger partial charge in [0, 0.05) is 230 Å². The fourth-order valence-electron chi connectivity index (χ4n) is 1.04. The third-order valence-electron chi connectivity index (χ3n) is 2.37. The largest absolute Gasteiger partial charge is 0.183 e. The van der Waals surface area contributed by atoms with E-state index in [4.69, 9.17) is 11.1 Å². The Bertz CT molecular complexity index is 1920. The van der Waals surface area contributed by atoms with Crippen LogP contribution in [0, 0.1) is 11.1 Å². The normalized spacial score (nSPS) is 15.3. The van der Waals surface area contributed by atoms with Crippen LogP contribution in [-0.4, -0.2) is 0 Å². The van der Waals surface area contributed by atoms with Gasteiger partial charge in [0.25, 0.3) is 0 Å². The van der Waals surface area contributed by atoms with Gasteiger partial charge < -0.3 is 0 Å². The lowest BCUT2D eigenvalue weighted by atomic mass is 12.3. The molecule has 0 saturated carbocycles. The first-order chi connectivity index (χ1) is 30.9. The third-order valence-corrected chi connectivity index (χ3v) is 2.37. The minimum Gasteiger partial charge on any atom is -0.183 e. The minimum absolute atomic E-state index is 2.50. The van der Waals surface area contributed by atoms with E-state index in [2.05, 4.69) is 313 Å². The molecule has 0 aliphatic rings. The van der Waals surface area contributed by atoms with Gasteiger partial charge in [-0.1, -0.05) is 0 Å². The van der Waals surface area contributed by atoms with Crippen LogP contribution in [0.5, 0.6) is 0 Å². The minimum atomic E-state index is 2.50. The van der Waals surface area contributed by atoms with Crippen molar-refractivity contribution >= 4 is 0 Å². The van der Waals surface area contributed by atoms with Crippen LogP contribution < -0.4 is 0 Å². The lowest BCUT2D eigenvalue weighted by Gasteiger charge is -1.70. The van der Waals surface area contributed by atoms with Crippen molar-refractivity contribution in [1.82, 2.24) is 0 Å². The van der Waals surface area contributed by atoms with Gasteiger partial charge in [-0.25, -0.2) is 0 Å². The summed E-state index contributed by atoms with van der Waals surface area (Å²) in [4.78, 5) is 0. The molecule has 0 bridgehead atoms. The highest BCUT2D eigenvalue weighted by Crippen LogP contribution is 1.94. The standard InChI is InChI=1S/H2N62/c1-3-5-7-9-11-13-15-17-19-21-23-25-27-29-31-33-35-37-39-41-43-45-47-49-51-53-55-57-59-61-62-60-58-56-54-52-50-48-46-44-42-40-38-36-34-32-30-28-26-24-22-20-18-16-14-12-10-8-6-4-2/h1-2H/b3-1?,4-2?,7-5+,8-6+,11-9+,12-10+,15-13+,16-14+,19-17+,20-18+,23-21+,24-22+,27-25+,28-26+,31-29+,32-30+,35-33+,36-34+,39-37+,40-38+,43-41+,44-42+,47-45+,48-46+,51-49+,52-50+,55-53+,56-54+,59-57+,60-58+,62-61+. The zero-order chi connectivity index (χ0) is 44.4. The molecule has 62 nitrogen and oxygen atoms in total. The van der Waals surface area contributed by atoms with E-state index in [0.717, 1.165) is 0 Å². The van der Waals surface area contributed by atoms with Gasteiger partial charge in [0.2, 0.25) is 0 Å². The molecule has 0 spiro atoms. The number of nitrogens with one attached hydrogen (secondary N) is 2. The molecule has 0 aromatic carbocycles. The summed E-state index contributed by atoms with van der Waals surface area (Å²) in [5.41, 5.74) is 12.5. The van der Waals surface area contributed by atoms with E-state index in [0.29, 0.717) is 0 Å². The first-order valence-electron chi connectivity index (χ1n) is 12.2. The molecule has 0 aromatic rings. The van der Waals surface area contributed by atoms with E-state index < -0.39 is 0 Å². The molecule has 312 valence electrons. The van der Waals surface area contributed by atoms with Gasteiger partial charge in [-0.3, -0.25) is 0 Å². The fourth-order valence-corrected chi connectivity index (χ4v) is 1.04. The fraction of sp³-hybridized carbons (Fsp3) is 0. The summed E-state index contributed by atoms with van der Waals surface area (Å²) < 4.78 is 0. The van der Waals surface area contributed by atoms with Gasteiger partial charge in [0.15, 0.2) is 0 Å². The number of hydrogen-bond donors (Lipinski definition) is 2. The van der Waals surface area contributed by atoms with Crippen LogP contribution in [0.1, 0.15) is 0 Å². The predicted octanol–water partition coefficient (Wildman–Crippen LogP) is 11.6. The van der Waals surface area contributed by atoms with E-state index in [1.807, 2.05) is 0 Å². The Hall–Kier alpha value is -12.4. The second-order valence-electron chi connectivity index (χ2n) is 5.39.